The smallest absolute Gasteiger partial charge is 0.319 e. The van der Waals surface area contributed by atoms with E-state index in [-0.39, 0.29) is 18.0 Å². The van der Waals surface area contributed by atoms with Crippen LogP contribution in [0, 0.1) is 0 Å². The van der Waals surface area contributed by atoms with Crippen molar-refractivity contribution in [3.63, 3.8) is 0 Å². The molecular weight excluding hydrogens is 390 g/mol. The molecular formula is C24H31N5O2. The largest absolute Gasteiger partial charge is 0.339 e. The van der Waals surface area contributed by atoms with Crippen LogP contribution in [-0.4, -0.2) is 65.5 Å². The van der Waals surface area contributed by atoms with E-state index < -0.39 is 0 Å². The molecule has 2 fully saturated rings. The van der Waals surface area contributed by atoms with Crippen molar-refractivity contribution in [2.24, 2.45) is 0 Å². The maximum atomic E-state index is 12.6. The van der Waals surface area contributed by atoms with Crippen LogP contribution in [0.4, 0.5) is 10.5 Å². The van der Waals surface area contributed by atoms with Gasteiger partial charge in [0, 0.05) is 62.4 Å². The van der Waals surface area contributed by atoms with E-state index >= 15 is 0 Å². The van der Waals surface area contributed by atoms with Gasteiger partial charge in [0.25, 0.3) is 5.91 Å². The first kappa shape index (κ1) is 21.3. The van der Waals surface area contributed by atoms with Gasteiger partial charge in [-0.1, -0.05) is 6.07 Å². The fourth-order valence-corrected chi connectivity index (χ4v) is 4.32. The van der Waals surface area contributed by atoms with Gasteiger partial charge in [-0.25, -0.2) is 4.79 Å². The fraction of sp³-hybridized carbons (Fsp3) is 0.458. The molecule has 2 aliphatic heterocycles. The molecule has 0 aliphatic carbocycles. The number of anilines is 1. The third-order valence-electron chi connectivity index (χ3n) is 6.15. The Kier molecular flexibility index (Phi) is 7.14. The molecule has 4 rings (SSSR count). The lowest BCUT2D eigenvalue weighted by molar-refractivity contribution is 0.0793. The minimum Gasteiger partial charge on any atom is -0.339 e. The molecule has 2 aliphatic rings. The predicted molar refractivity (Wildman–Crippen MR) is 121 cm³/mol. The minimum atomic E-state index is -0.207. The third-order valence-corrected chi connectivity index (χ3v) is 6.15. The highest BCUT2D eigenvalue weighted by atomic mass is 16.2. The summed E-state index contributed by atoms with van der Waals surface area (Å²) in [6, 6.07) is 11.3. The van der Waals surface area contributed by atoms with Gasteiger partial charge < -0.3 is 20.4 Å². The van der Waals surface area contributed by atoms with Gasteiger partial charge in [-0.2, -0.15) is 0 Å². The van der Waals surface area contributed by atoms with Crippen LogP contribution >= 0.6 is 0 Å². The van der Waals surface area contributed by atoms with Gasteiger partial charge in [0.1, 0.15) is 0 Å². The summed E-state index contributed by atoms with van der Waals surface area (Å²) < 4.78 is 0. The standard InChI is InChI=1S/C24H31N5O2/c30-23(29-13-1-2-14-29)20-4-3-5-22(18-20)27-24(31)26-21-9-16-28(17-10-21)15-8-19-6-11-25-12-7-19/h3-7,11-12,18,21H,1-2,8-10,13-17H2,(H2,26,27,31). The number of pyridine rings is 1. The maximum Gasteiger partial charge on any atom is 0.319 e. The Morgan fingerprint density at radius 1 is 1.00 bits per heavy atom. The molecule has 0 radical (unpaired) electrons. The average molecular weight is 422 g/mol. The number of piperidine rings is 1. The molecule has 2 N–H and O–H groups in total. The zero-order chi connectivity index (χ0) is 21.5. The van der Waals surface area contributed by atoms with E-state index in [1.165, 1.54) is 5.56 Å². The Balaban J connectivity index is 1.21. The zero-order valence-electron chi connectivity index (χ0n) is 17.9. The number of rotatable bonds is 6. The number of likely N-dealkylation sites (tertiary alicyclic amines) is 2. The summed E-state index contributed by atoms with van der Waals surface area (Å²) >= 11 is 0. The summed E-state index contributed by atoms with van der Waals surface area (Å²) in [4.78, 5) is 33.4. The SMILES string of the molecule is O=C(Nc1cccc(C(=O)N2CCCC2)c1)NC1CCN(CCc2ccncc2)CC1. The quantitative estimate of drug-likeness (QED) is 0.751. The highest BCUT2D eigenvalue weighted by Gasteiger charge is 2.22. The molecule has 2 saturated heterocycles. The lowest BCUT2D eigenvalue weighted by atomic mass is 10.0. The van der Waals surface area contributed by atoms with Crippen LogP contribution in [0.25, 0.3) is 0 Å². The van der Waals surface area contributed by atoms with Crippen LogP contribution in [-0.2, 0) is 6.42 Å². The summed E-state index contributed by atoms with van der Waals surface area (Å²) in [7, 11) is 0. The molecule has 1 aromatic carbocycles. The highest BCUT2D eigenvalue weighted by Crippen LogP contribution is 2.17. The van der Waals surface area contributed by atoms with Crippen molar-refractivity contribution in [3.8, 4) is 0 Å². The van der Waals surface area contributed by atoms with E-state index in [2.05, 4.69) is 32.7 Å². The summed E-state index contributed by atoms with van der Waals surface area (Å²) in [5.41, 5.74) is 2.58. The zero-order valence-corrected chi connectivity index (χ0v) is 17.9. The van der Waals surface area contributed by atoms with Gasteiger partial charge in [0.2, 0.25) is 0 Å². The van der Waals surface area contributed by atoms with Crippen LogP contribution in [0.15, 0.2) is 48.8 Å². The fourth-order valence-electron chi connectivity index (χ4n) is 4.32. The van der Waals surface area contributed by atoms with Crippen LogP contribution in [0.5, 0.6) is 0 Å². The third kappa shape index (κ3) is 6.04. The Morgan fingerprint density at radius 2 is 1.74 bits per heavy atom. The van der Waals surface area contributed by atoms with Crippen molar-refractivity contribution in [2.75, 3.05) is 38.0 Å². The van der Waals surface area contributed by atoms with Crippen molar-refractivity contribution in [1.29, 1.82) is 0 Å². The molecule has 3 heterocycles. The number of nitrogens with one attached hydrogen (secondary N) is 2. The number of hydrogen-bond acceptors (Lipinski definition) is 4. The van der Waals surface area contributed by atoms with E-state index in [1.807, 2.05) is 35.5 Å². The van der Waals surface area contributed by atoms with Crippen LogP contribution < -0.4 is 10.6 Å². The molecule has 0 spiro atoms. The molecule has 3 amide bonds. The molecule has 31 heavy (non-hydrogen) atoms. The van der Waals surface area contributed by atoms with Crippen molar-refractivity contribution >= 4 is 17.6 Å². The molecule has 7 heteroatoms. The first-order chi connectivity index (χ1) is 15.2. The lowest BCUT2D eigenvalue weighted by Crippen LogP contribution is -2.46. The number of aromatic nitrogens is 1. The van der Waals surface area contributed by atoms with Gasteiger partial charge in [0.15, 0.2) is 0 Å². The van der Waals surface area contributed by atoms with Gasteiger partial charge in [-0.05, 0) is 68.0 Å². The molecule has 1 aromatic heterocycles. The number of hydrogen-bond donors (Lipinski definition) is 2. The normalized spacial score (nSPS) is 17.5. The van der Waals surface area contributed by atoms with Gasteiger partial charge in [-0.3, -0.25) is 9.78 Å². The van der Waals surface area contributed by atoms with Crippen molar-refractivity contribution in [3.05, 3.63) is 59.9 Å². The van der Waals surface area contributed by atoms with Crippen LogP contribution in [0.2, 0.25) is 0 Å². The van der Waals surface area contributed by atoms with Crippen molar-refractivity contribution in [1.82, 2.24) is 20.1 Å². The number of carbonyl (C=O) groups excluding carboxylic acids is 2. The van der Waals surface area contributed by atoms with Gasteiger partial charge >= 0.3 is 6.03 Å². The number of carbonyl (C=O) groups is 2. The molecule has 0 unspecified atom stereocenters. The van der Waals surface area contributed by atoms with E-state index in [0.29, 0.717) is 11.3 Å². The summed E-state index contributed by atoms with van der Waals surface area (Å²) in [5.74, 6) is 0.0423. The molecule has 164 valence electrons. The number of benzene rings is 1. The number of urea groups is 1. The van der Waals surface area contributed by atoms with Gasteiger partial charge in [0.05, 0.1) is 0 Å². The van der Waals surface area contributed by atoms with Crippen LogP contribution in [0.3, 0.4) is 0 Å². The first-order valence-electron chi connectivity index (χ1n) is 11.3. The summed E-state index contributed by atoms with van der Waals surface area (Å²) in [6.07, 6.45) is 8.70. The average Bonchev–Trinajstić information content (AvgIpc) is 3.34. The van der Waals surface area contributed by atoms with Gasteiger partial charge in [-0.15, -0.1) is 0 Å². The Morgan fingerprint density at radius 3 is 2.48 bits per heavy atom. The lowest BCUT2D eigenvalue weighted by Gasteiger charge is -2.32. The van der Waals surface area contributed by atoms with E-state index in [4.69, 9.17) is 0 Å². The minimum absolute atomic E-state index is 0.0423. The maximum absolute atomic E-state index is 12.6. The van der Waals surface area contributed by atoms with E-state index in [1.54, 1.807) is 6.07 Å². The van der Waals surface area contributed by atoms with E-state index in [0.717, 1.165) is 64.8 Å². The Labute approximate surface area is 183 Å². The second-order valence-electron chi connectivity index (χ2n) is 8.40. The Bertz CT molecular complexity index is 875. The molecule has 0 saturated carbocycles. The van der Waals surface area contributed by atoms with Crippen molar-refractivity contribution < 1.29 is 9.59 Å². The first-order valence-corrected chi connectivity index (χ1v) is 11.3. The predicted octanol–water partition coefficient (Wildman–Crippen LogP) is 3.15. The highest BCUT2D eigenvalue weighted by molar-refractivity contribution is 5.97. The monoisotopic (exact) mass is 421 g/mol. The Hall–Kier alpha value is -2.93. The second-order valence-corrected chi connectivity index (χ2v) is 8.40. The summed E-state index contributed by atoms with van der Waals surface area (Å²) in [5, 5.41) is 5.98. The topological polar surface area (TPSA) is 77.6 Å². The van der Waals surface area contributed by atoms with Crippen molar-refractivity contribution in [2.45, 2.75) is 38.1 Å². The van der Waals surface area contributed by atoms with Crippen LogP contribution in [0.1, 0.15) is 41.6 Å². The molecule has 7 nitrogen and oxygen atoms in total. The molecule has 2 aromatic rings. The van der Waals surface area contributed by atoms with E-state index in [9.17, 15) is 9.59 Å². The molecule has 0 bridgehead atoms. The molecule has 0 atom stereocenters. The number of nitrogens with zero attached hydrogens (tertiary/aromatic N) is 3. The number of amides is 3. The second kappa shape index (κ2) is 10.4. The summed E-state index contributed by atoms with van der Waals surface area (Å²) in [6.45, 7) is 4.63.